The fourth-order valence-electron chi connectivity index (χ4n) is 0.547. The topological polar surface area (TPSA) is 52.3 Å². The van der Waals surface area contributed by atoms with E-state index in [0.717, 1.165) is 0 Å². The molecule has 48 valence electrons. The van der Waals surface area contributed by atoms with Crippen molar-refractivity contribution in [2.75, 3.05) is 0 Å². The Bertz CT molecular complexity index is 187. The molecule has 0 fully saturated rings. The number of primary amides is 1. The summed E-state index contributed by atoms with van der Waals surface area (Å²) in [5.74, 6) is -0.537. The van der Waals surface area contributed by atoms with Crippen molar-refractivity contribution in [1.82, 2.24) is 0 Å². The number of rotatable bonds is 1. The van der Waals surface area contributed by atoms with Gasteiger partial charge in [0.25, 0.3) is 5.91 Å². The fourth-order valence-corrected chi connectivity index (χ4v) is 0.774. The van der Waals surface area contributed by atoms with Crippen molar-refractivity contribution in [2.45, 2.75) is 6.10 Å². The van der Waals surface area contributed by atoms with Crippen LogP contribution in [-0.2, 0) is 9.53 Å². The van der Waals surface area contributed by atoms with Gasteiger partial charge in [-0.25, -0.2) is 0 Å². The number of amides is 1. The second-order valence-corrected chi connectivity index (χ2v) is 2.10. The SMILES string of the molecule is NC(=O)C1OC=CC1=S. The number of hydrogen-bond acceptors (Lipinski definition) is 3. The average Bonchev–Trinajstić information content (AvgIpc) is 2.13. The lowest BCUT2D eigenvalue weighted by Gasteiger charge is -2.03. The summed E-state index contributed by atoms with van der Waals surface area (Å²) in [5, 5.41) is 0. The van der Waals surface area contributed by atoms with Gasteiger partial charge in [-0.3, -0.25) is 4.79 Å². The third-order valence-electron chi connectivity index (χ3n) is 0.964. The summed E-state index contributed by atoms with van der Waals surface area (Å²) in [5.41, 5.74) is 4.90. The number of hydrogen-bond donors (Lipinski definition) is 1. The highest BCUT2D eigenvalue weighted by Crippen LogP contribution is 2.05. The van der Waals surface area contributed by atoms with Gasteiger partial charge in [0, 0.05) is 0 Å². The number of nitrogens with two attached hydrogens (primary N) is 1. The first-order chi connectivity index (χ1) is 4.22. The van der Waals surface area contributed by atoms with Crippen molar-refractivity contribution in [3.05, 3.63) is 12.3 Å². The highest BCUT2D eigenvalue weighted by molar-refractivity contribution is 7.81. The average molecular weight is 143 g/mol. The van der Waals surface area contributed by atoms with E-state index in [2.05, 4.69) is 0 Å². The van der Waals surface area contributed by atoms with Gasteiger partial charge in [-0.2, -0.15) is 0 Å². The minimum atomic E-state index is -0.708. The maximum atomic E-state index is 10.4. The maximum Gasteiger partial charge on any atom is 0.264 e. The fraction of sp³-hybridized carbons (Fsp3) is 0.200. The highest BCUT2D eigenvalue weighted by Gasteiger charge is 2.22. The molecular formula is C5H5NO2S. The van der Waals surface area contributed by atoms with Crippen LogP contribution < -0.4 is 5.73 Å². The van der Waals surface area contributed by atoms with Crippen molar-refractivity contribution in [2.24, 2.45) is 5.73 Å². The van der Waals surface area contributed by atoms with Crippen LogP contribution in [0.3, 0.4) is 0 Å². The Labute approximate surface area is 57.5 Å². The molecule has 1 aliphatic heterocycles. The van der Waals surface area contributed by atoms with Crippen LogP contribution >= 0.6 is 12.2 Å². The standard InChI is InChI=1S/C5H5NO2S/c6-5(7)4-3(9)1-2-8-4/h1-2,4H,(H2,6,7). The summed E-state index contributed by atoms with van der Waals surface area (Å²) in [7, 11) is 0. The molecule has 0 aromatic heterocycles. The number of ether oxygens (including phenoxy) is 1. The predicted octanol–water partition coefficient (Wildman–Crippen LogP) is -0.246. The Hall–Kier alpha value is -0.900. The van der Waals surface area contributed by atoms with E-state index in [1.807, 2.05) is 0 Å². The largest absolute Gasteiger partial charge is 0.483 e. The van der Waals surface area contributed by atoms with Gasteiger partial charge in [0.2, 0.25) is 6.10 Å². The molecular weight excluding hydrogens is 138 g/mol. The van der Waals surface area contributed by atoms with Gasteiger partial charge in [0.15, 0.2) is 0 Å². The van der Waals surface area contributed by atoms with Gasteiger partial charge < -0.3 is 10.5 Å². The molecule has 4 heteroatoms. The van der Waals surface area contributed by atoms with E-state index in [1.165, 1.54) is 6.26 Å². The van der Waals surface area contributed by atoms with Gasteiger partial charge in [0.1, 0.15) is 0 Å². The summed E-state index contributed by atoms with van der Waals surface area (Å²) in [4.78, 5) is 10.8. The van der Waals surface area contributed by atoms with E-state index in [-0.39, 0.29) is 0 Å². The minimum absolute atomic E-state index is 0.447. The van der Waals surface area contributed by atoms with Gasteiger partial charge in [0.05, 0.1) is 11.1 Å². The molecule has 1 heterocycles. The third kappa shape index (κ3) is 1.08. The zero-order valence-electron chi connectivity index (χ0n) is 4.53. The van der Waals surface area contributed by atoms with Crippen LogP contribution in [0.2, 0.25) is 0 Å². The maximum absolute atomic E-state index is 10.4. The van der Waals surface area contributed by atoms with Crippen molar-refractivity contribution in [3.8, 4) is 0 Å². The Morgan fingerprint density at radius 3 is 2.78 bits per heavy atom. The molecule has 1 atom stereocenters. The molecule has 0 aliphatic carbocycles. The number of thiocarbonyl (C=S) groups is 1. The van der Waals surface area contributed by atoms with Crippen LogP contribution in [0.1, 0.15) is 0 Å². The highest BCUT2D eigenvalue weighted by atomic mass is 32.1. The van der Waals surface area contributed by atoms with Crippen LogP contribution in [0.15, 0.2) is 12.3 Å². The lowest BCUT2D eigenvalue weighted by molar-refractivity contribution is -0.122. The molecule has 0 spiro atoms. The molecule has 0 saturated carbocycles. The molecule has 0 radical (unpaired) electrons. The smallest absolute Gasteiger partial charge is 0.264 e. The molecule has 3 nitrogen and oxygen atoms in total. The Balaban J connectivity index is 2.66. The summed E-state index contributed by atoms with van der Waals surface area (Å²) in [6.45, 7) is 0. The summed E-state index contributed by atoms with van der Waals surface area (Å²) in [6, 6.07) is 0. The second kappa shape index (κ2) is 2.14. The first kappa shape index (κ1) is 6.22. The second-order valence-electron chi connectivity index (χ2n) is 1.62. The Morgan fingerprint density at radius 2 is 2.56 bits per heavy atom. The Morgan fingerprint density at radius 1 is 1.89 bits per heavy atom. The molecule has 1 amide bonds. The van der Waals surface area contributed by atoms with Crippen LogP contribution in [0.25, 0.3) is 0 Å². The lowest BCUT2D eigenvalue weighted by Crippen LogP contribution is -2.32. The third-order valence-corrected chi connectivity index (χ3v) is 1.31. The van der Waals surface area contributed by atoms with Crippen molar-refractivity contribution in [1.29, 1.82) is 0 Å². The van der Waals surface area contributed by atoms with E-state index < -0.39 is 12.0 Å². The molecule has 0 aromatic rings. The van der Waals surface area contributed by atoms with Crippen LogP contribution in [0.4, 0.5) is 0 Å². The molecule has 1 rings (SSSR count). The van der Waals surface area contributed by atoms with Gasteiger partial charge in [-0.15, -0.1) is 0 Å². The lowest BCUT2D eigenvalue weighted by atomic mass is 10.3. The summed E-state index contributed by atoms with van der Waals surface area (Å²) < 4.78 is 4.73. The Kier molecular flexibility index (Phi) is 1.48. The normalized spacial score (nSPS) is 24.0. The molecule has 1 aliphatic rings. The predicted molar refractivity (Wildman–Crippen MR) is 35.8 cm³/mol. The van der Waals surface area contributed by atoms with E-state index in [0.29, 0.717) is 4.86 Å². The molecule has 2 N–H and O–H groups in total. The van der Waals surface area contributed by atoms with E-state index >= 15 is 0 Å². The first-order valence-corrected chi connectivity index (χ1v) is 2.78. The molecule has 9 heavy (non-hydrogen) atoms. The molecule has 1 unspecified atom stereocenters. The van der Waals surface area contributed by atoms with Crippen molar-refractivity contribution < 1.29 is 9.53 Å². The minimum Gasteiger partial charge on any atom is -0.483 e. The van der Waals surface area contributed by atoms with Crippen LogP contribution in [0, 0.1) is 0 Å². The first-order valence-electron chi connectivity index (χ1n) is 2.37. The van der Waals surface area contributed by atoms with Crippen LogP contribution in [0.5, 0.6) is 0 Å². The number of carbonyl (C=O) groups excluding carboxylic acids is 1. The summed E-state index contributed by atoms with van der Waals surface area (Å²) in [6.07, 6.45) is 2.21. The zero-order valence-corrected chi connectivity index (χ0v) is 5.35. The number of carbonyl (C=O) groups is 1. The van der Waals surface area contributed by atoms with E-state index in [4.69, 9.17) is 22.7 Å². The van der Waals surface area contributed by atoms with Gasteiger partial charge in [-0.05, 0) is 6.08 Å². The van der Waals surface area contributed by atoms with Gasteiger partial charge >= 0.3 is 0 Å². The van der Waals surface area contributed by atoms with E-state index in [9.17, 15) is 4.79 Å². The molecule has 0 aromatic carbocycles. The molecule has 0 bridgehead atoms. The molecule has 0 saturated heterocycles. The monoisotopic (exact) mass is 143 g/mol. The van der Waals surface area contributed by atoms with Crippen molar-refractivity contribution in [3.63, 3.8) is 0 Å². The van der Waals surface area contributed by atoms with Crippen molar-refractivity contribution >= 4 is 23.0 Å². The quantitative estimate of drug-likeness (QED) is 0.515. The zero-order chi connectivity index (χ0) is 6.85. The van der Waals surface area contributed by atoms with E-state index in [1.54, 1.807) is 6.08 Å². The van der Waals surface area contributed by atoms with Crippen LogP contribution in [-0.4, -0.2) is 16.9 Å². The summed E-state index contributed by atoms with van der Waals surface area (Å²) >= 11 is 4.70. The van der Waals surface area contributed by atoms with Gasteiger partial charge in [-0.1, -0.05) is 12.2 Å².